The normalized spacial score (nSPS) is 17.1. The van der Waals surface area contributed by atoms with E-state index in [0.29, 0.717) is 5.92 Å². The topological polar surface area (TPSA) is 57.5 Å². The molecular weight excluding hydrogens is 216 g/mol. The first kappa shape index (κ1) is 12.0. The molecule has 0 amide bonds. The lowest BCUT2D eigenvalue weighted by atomic mass is 9.89. The summed E-state index contributed by atoms with van der Waals surface area (Å²) in [5.41, 5.74) is 1.56. The summed E-state index contributed by atoms with van der Waals surface area (Å²) in [6.07, 6.45) is 1.82. The maximum atomic E-state index is 10.8. The van der Waals surface area contributed by atoms with Crippen LogP contribution in [-0.2, 0) is 10.2 Å². The van der Waals surface area contributed by atoms with Crippen molar-refractivity contribution >= 4 is 5.97 Å². The molecule has 0 radical (unpaired) electrons. The lowest BCUT2D eigenvalue weighted by molar-refractivity contribution is -0.137. The van der Waals surface area contributed by atoms with Crippen LogP contribution in [0.25, 0.3) is 0 Å². The summed E-state index contributed by atoms with van der Waals surface area (Å²) in [5, 5.41) is 18.9. The van der Waals surface area contributed by atoms with E-state index in [1.165, 1.54) is 0 Å². The van der Waals surface area contributed by atoms with Crippen molar-refractivity contribution in [2.75, 3.05) is 0 Å². The van der Waals surface area contributed by atoms with Gasteiger partial charge in [-0.15, -0.1) is 0 Å². The highest BCUT2D eigenvalue weighted by atomic mass is 16.4. The molecule has 3 heteroatoms. The van der Waals surface area contributed by atoms with Crippen LogP contribution in [0.15, 0.2) is 18.2 Å². The van der Waals surface area contributed by atoms with Crippen molar-refractivity contribution in [3.8, 4) is 5.75 Å². The van der Waals surface area contributed by atoms with E-state index in [1.807, 2.05) is 12.1 Å². The summed E-state index contributed by atoms with van der Waals surface area (Å²) in [4.78, 5) is 10.8. The molecule has 0 aromatic heterocycles. The first-order chi connectivity index (χ1) is 7.94. The Kier molecular flexibility index (Phi) is 2.86. The fraction of sp³-hybridized carbons (Fsp3) is 0.500. The molecule has 1 aliphatic rings. The van der Waals surface area contributed by atoms with Gasteiger partial charge in [0.2, 0.25) is 0 Å². The van der Waals surface area contributed by atoms with Crippen LogP contribution in [-0.4, -0.2) is 16.2 Å². The molecule has 0 bridgehead atoms. The summed E-state index contributed by atoms with van der Waals surface area (Å²) in [7, 11) is 0. The predicted octanol–water partition coefficient (Wildman–Crippen LogP) is 3.02. The molecule has 1 fully saturated rings. The highest BCUT2D eigenvalue weighted by Gasteiger charge is 2.47. The lowest BCUT2D eigenvalue weighted by Gasteiger charge is -2.16. The van der Waals surface area contributed by atoms with Crippen molar-refractivity contribution in [3.05, 3.63) is 29.3 Å². The van der Waals surface area contributed by atoms with Crippen LogP contribution in [0.2, 0.25) is 0 Å². The number of aliphatic carboxylic acids is 1. The molecule has 0 aliphatic heterocycles. The number of carbonyl (C=O) groups is 1. The SMILES string of the molecule is CC(C)c1ccc(C2(CC(=O)O)CC2)c(O)c1. The average Bonchev–Trinajstić information content (AvgIpc) is 2.97. The van der Waals surface area contributed by atoms with Crippen molar-refractivity contribution in [1.29, 1.82) is 0 Å². The maximum Gasteiger partial charge on any atom is 0.304 e. The number of phenolic OH excluding ortho intramolecular Hbond substituents is 1. The molecule has 2 rings (SSSR count). The molecule has 0 heterocycles. The zero-order chi connectivity index (χ0) is 12.6. The Morgan fingerprint density at radius 1 is 1.41 bits per heavy atom. The second-order valence-electron chi connectivity index (χ2n) is 5.28. The van der Waals surface area contributed by atoms with Gasteiger partial charge in [-0.05, 0) is 30.4 Å². The van der Waals surface area contributed by atoms with Gasteiger partial charge in [0.25, 0.3) is 0 Å². The van der Waals surface area contributed by atoms with Gasteiger partial charge in [-0.3, -0.25) is 4.79 Å². The summed E-state index contributed by atoms with van der Waals surface area (Å²) >= 11 is 0. The van der Waals surface area contributed by atoms with Gasteiger partial charge in [0.1, 0.15) is 5.75 Å². The minimum atomic E-state index is -0.796. The number of hydrogen-bond donors (Lipinski definition) is 2. The summed E-state index contributed by atoms with van der Waals surface area (Å²) in [6, 6.07) is 5.64. The molecule has 2 N–H and O–H groups in total. The third-order valence-corrected chi connectivity index (χ3v) is 3.60. The van der Waals surface area contributed by atoms with Gasteiger partial charge in [0, 0.05) is 11.0 Å². The van der Waals surface area contributed by atoms with Crippen LogP contribution in [0.5, 0.6) is 5.75 Å². The van der Waals surface area contributed by atoms with E-state index in [4.69, 9.17) is 5.11 Å². The van der Waals surface area contributed by atoms with Gasteiger partial charge >= 0.3 is 5.97 Å². The van der Waals surface area contributed by atoms with Crippen molar-refractivity contribution < 1.29 is 15.0 Å². The Morgan fingerprint density at radius 2 is 2.06 bits per heavy atom. The fourth-order valence-electron chi connectivity index (χ4n) is 2.34. The van der Waals surface area contributed by atoms with Crippen molar-refractivity contribution in [1.82, 2.24) is 0 Å². The first-order valence-electron chi connectivity index (χ1n) is 6.00. The van der Waals surface area contributed by atoms with Gasteiger partial charge in [0.15, 0.2) is 0 Å². The Hall–Kier alpha value is -1.51. The monoisotopic (exact) mass is 234 g/mol. The largest absolute Gasteiger partial charge is 0.508 e. The van der Waals surface area contributed by atoms with E-state index in [1.54, 1.807) is 6.07 Å². The van der Waals surface area contributed by atoms with Gasteiger partial charge in [0.05, 0.1) is 6.42 Å². The maximum absolute atomic E-state index is 10.8. The fourth-order valence-corrected chi connectivity index (χ4v) is 2.34. The van der Waals surface area contributed by atoms with Gasteiger partial charge in [-0.2, -0.15) is 0 Å². The number of carboxylic acid groups (broad SMARTS) is 1. The molecule has 0 spiro atoms. The Morgan fingerprint density at radius 3 is 2.47 bits per heavy atom. The van der Waals surface area contributed by atoms with Crippen molar-refractivity contribution in [2.45, 2.75) is 44.4 Å². The summed E-state index contributed by atoms with van der Waals surface area (Å²) in [5.74, 6) is -0.186. The van der Waals surface area contributed by atoms with E-state index in [0.717, 1.165) is 24.0 Å². The average molecular weight is 234 g/mol. The zero-order valence-corrected chi connectivity index (χ0v) is 10.2. The first-order valence-corrected chi connectivity index (χ1v) is 6.00. The van der Waals surface area contributed by atoms with Crippen LogP contribution in [0.1, 0.15) is 50.2 Å². The van der Waals surface area contributed by atoms with Gasteiger partial charge in [-0.1, -0.05) is 26.0 Å². The standard InChI is InChI=1S/C14H18O3/c1-9(2)10-3-4-11(12(15)7-10)14(5-6-14)8-13(16)17/h3-4,7,9,15H,5-6,8H2,1-2H3,(H,16,17). The third-order valence-electron chi connectivity index (χ3n) is 3.60. The Bertz CT molecular complexity index is 445. The van der Waals surface area contributed by atoms with Gasteiger partial charge < -0.3 is 10.2 Å². The number of phenols is 1. The number of rotatable bonds is 4. The molecule has 92 valence electrons. The highest BCUT2D eigenvalue weighted by molar-refractivity contribution is 5.70. The molecule has 1 aliphatic carbocycles. The molecule has 3 nitrogen and oxygen atoms in total. The molecule has 0 unspecified atom stereocenters. The second kappa shape index (κ2) is 4.06. The van der Waals surface area contributed by atoms with E-state index in [2.05, 4.69) is 13.8 Å². The Balaban J connectivity index is 2.31. The Labute approximate surface area is 101 Å². The molecule has 0 saturated heterocycles. The third kappa shape index (κ3) is 2.28. The second-order valence-corrected chi connectivity index (χ2v) is 5.28. The number of carboxylic acids is 1. The van der Waals surface area contributed by atoms with E-state index < -0.39 is 5.97 Å². The number of benzene rings is 1. The van der Waals surface area contributed by atoms with E-state index in [-0.39, 0.29) is 17.6 Å². The van der Waals surface area contributed by atoms with Gasteiger partial charge in [-0.25, -0.2) is 0 Å². The summed E-state index contributed by atoms with van der Waals surface area (Å²) < 4.78 is 0. The van der Waals surface area contributed by atoms with E-state index >= 15 is 0 Å². The minimum Gasteiger partial charge on any atom is -0.508 e. The lowest BCUT2D eigenvalue weighted by Crippen LogP contribution is -2.13. The quantitative estimate of drug-likeness (QED) is 0.841. The van der Waals surface area contributed by atoms with Crippen LogP contribution in [0.3, 0.4) is 0 Å². The smallest absolute Gasteiger partial charge is 0.304 e. The molecular formula is C14H18O3. The van der Waals surface area contributed by atoms with Crippen LogP contribution >= 0.6 is 0 Å². The minimum absolute atomic E-state index is 0.113. The van der Waals surface area contributed by atoms with Crippen LogP contribution < -0.4 is 0 Å². The predicted molar refractivity (Wildman–Crippen MR) is 65.4 cm³/mol. The number of hydrogen-bond acceptors (Lipinski definition) is 2. The molecule has 1 saturated carbocycles. The van der Waals surface area contributed by atoms with Crippen molar-refractivity contribution in [3.63, 3.8) is 0 Å². The highest BCUT2D eigenvalue weighted by Crippen LogP contribution is 2.53. The van der Waals surface area contributed by atoms with Crippen LogP contribution in [0, 0.1) is 0 Å². The molecule has 0 atom stereocenters. The number of aromatic hydroxyl groups is 1. The van der Waals surface area contributed by atoms with Crippen LogP contribution in [0.4, 0.5) is 0 Å². The van der Waals surface area contributed by atoms with E-state index in [9.17, 15) is 9.90 Å². The zero-order valence-electron chi connectivity index (χ0n) is 10.2. The molecule has 1 aromatic rings. The molecule has 17 heavy (non-hydrogen) atoms. The summed E-state index contributed by atoms with van der Waals surface area (Å²) in [6.45, 7) is 4.14. The van der Waals surface area contributed by atoms with Crippen molar-refractivity contribution in [2.24, 2.45) is 0 Å². The molecule has 1 aromatic carbocycles.